The average Bonchev–Trinajstić information content (AvgIpc) is 2.27. The van der Waals surface area contributed by atoms with Crippen LogP contribution in [0.4, 0.5) is 4.79 Å². The Morgan fingerprint density at radius 3 is 2.37 bits per heavy atom. The SMILES string of the molecule is Cc1ccc(C(C)NC(=O)N(C)CC(C)(C)O)cc1. The number of likely N-dealkylation sites (N-methyl/N-ethyl adjacent to an activating group) is 1. The summed E-state index contributed by atoms with van der Waals surface area (Å²) in [5.41, 5.74) is 1.37. The molecule has 1 rings (SSSR count). The Labute approximate surface area is 115 Å². The molecular formula is C15H24N2O2. The van der Waals surface area contributed by atoms with Crippen molar-refractivity contribution < 1.29 is 9.90 Å². The van der Waals surface area contributed by atoms with Gasteiger partial charge in [-0.05, 0) is 33.3 Å². The van der Waals surface area contributed by atoms with E-state index in [9.17, 15) is 9.90 Å². The number of urea groups is 1. The number of nitrogens with one attached hydrogen (secondary N) is 1. The van der Waals surface area contributed by atoms with E-state index in [1.807, 2.05) is 38.1 Å². The maximum absolute atomic E-state index is 12.0. The summed E-state index contributed by atoms with van der Waals surface area (Å²) in [7, 11) is 1.68. The van der Waals surface area contributed by atoms with Crippen molar-refractivity contribution in [3.63, 3.8) is 0 Å². The molecule has 1 aromatic rings. The molecule has 106 valence electrons. The van der Waals surface area contributed by atoms with Gasteiger partial charge >= 0.3 is 6.03 Å². The van der Waals surface area contributed by atoms with Crippen LogP contribution in [-0.4, -0.2) is 35.2 Å². The van der Waals surface area contributed by atoms with Crippen LogP contribution in [0.1, 0.15) is 37.9 Å². The van der Waals surface area contributed by atoms with Gasteiger partial charge in [-0.2, -0.15) is 0 Å². The summed E-state index contributed by atoms with van der Waals surface area (Å²) in [5, 5.41) is 12.6. The Kier molecular flexibility index (Phi) is 4.95. The monoisotopic (exact) mass is 264 g/mol. The number of amides is 2. The van der Waals surface area contributed by atoms with Crippen LogP contribution in [-0.2, 0) is 0 Å². The summed E-state index contributed by atoms with van der Waals surface area (Å²) in [4.78, 5) is 13.5. The Balaban J connectivity index is 2.59. The fourth-order valence-electron chi connectivity index (χ4n) is 1.89. The van der Waals surface area contributed by atoms with E-state index >= 15 is 0 Å². The summed E-state index contributed by atoms with van der Waals surface area (Å²) >= 11 is 0. The van der Waals surface area contributed by atoms with Crippen molar-refractivity contribution in [1.82, 2.24) is 10.2 Å². The van der Waals surface area contributed by atoms with Crippen LogP contribution in [0.2, 0.25) is 0 Å². The molecule has 0 aromatic heterocycles. The smallest absolute Gasteiger partial charge is 0.317 e. The maximum atomic E-state index is 12.0. The summed E-state index contributed by atoms with van der Waals surface area (Å²) in [6.07, 6.45) is 0. The molecule has 4 nitrogen and oxygen atoms in total. The number of carbonyl (C=O) groups excluding carboxylic acids is 1. The number of aliphatic hydroxyl groups is 1. The zero-order valence-corrected chi connectivity index (χ0v) is 12.4. The van der Waals surface area contributed by atoms with Crippen LogP contribution < -0.4 is 5.32 Å². The molecule has 0 bridgehead atoms. The number of nitrogens with zero attached hydrogens (tertiary/aromatic N) is 1. The first-order chi connectivity index (χ1) is 8.69. The lowest BCUT2D eigenvalue weighted by Crippen LogP contribution is -2.45. The standard InChI is InChI=1S/C15H24N2O2/c1-11-6-8-13(9-7-11)12(2)16-14(18)17(5)10-15(3,4)19/h6-9,12,19H,10H2,1-5H3,(H,16,18). The lowest BCUT2D eigenvalue weighted by atomic mass is 10.1. The predicted molar refractivity (Wildman–Crippen MR) is 77.1 cm³/mol. The minimum Gasteiger partial charge on any atom is -0.389 e. The highest BCUT2D eigenvalue weighted by Crippen LogP contribution is 2.13. The van der Waals surface area contributed by atoms with Gasteiger partial charge in [-0.1, -0.05) is 29.8 Å². The van der Waals surface area contributed by atoms with Crippen LogP contribution in [0.5, 0.6) is 0 Å². The van der Waals surface area contributed by atoms with Gasteiger partial charge in [0, 0.05) is 7.05 Å². The molecule has 1 unspecified atom stereocenters. The first-order valence-corrected chi connectivity index (χ1v) is 6.49. The van der Waals surface area contributed by atoms with E-state index in [0.717, 1.165) is 5.56 Å². The van der Waals surface area contributed by atoms with E-state index in [2.05, 4.69) is 5.32 Å². The zero-order valence-electron chi connectivity index (χ0n) is 12.4. The van der Waals surface area contributed by atoms with Crippen molar-refractivity contribution in [3.05, 3.63) is 35.4 Å². The van der Waals surface area contributed by atoms with Gasteiger partial charge in [0.05, 0.1) is 18.2 Å². The molecule has 2 N–H and O–H groups in total. The highest BCUT2D eigenvalue weighted by molar-refractivity contribution is 5.74. The molecule has 0 aliphatic rings. The topological polar surface area (TPSA) is 52.6 Å². The maximum Gasteiger partial charge on any atom is 0.317 e. The van der Waals surface area contributed by atoms with Crippen LogP contribution in [0.25, 0.3) is 0 Å². The highest BCUT2D eigenvalue weighted by Gasteiger charge is 2.20. The van der Waals surface area contributed by atoms with Crippen LogP contribution in [0, 0.1) is 6.92 Å². The molecule has 4 heteroatoms. The second kappa shape index (κ2) is 6.06. The molecule has 0 saturated carbocycles. The number of hydrogen-bond donors (Lipinski definition) is 2. The third-order valence-corrected chi connectivity index (χ3v) is 2.89. The van der Waals surface area contributed by atoms with Crippen molar-refractivity contribution in [3.8, 4) is 0 Å². The van der Waals surface area contributed by atoms with Crippen LogP contribution >= 0.6 is 0 Å². The summed E-state index contributed by atoms with van der Waals surface area (Å²) < 4.78 is 0. The van der Waals surface area contributed by atoms with E-state index in [0.29, 0.717) is 6.54 Å². The van der Waals surface area contributed by atoms with Gasteiger partial charge in [-0.15, -0.1) is 0 Å². The second-order valence-corrected chi connectivity index (χ2v) is 5.75. The molecular weight excluding hydrogens is 240 g/mol. The number of hydrogen-bond acceptors (Lipinski definition) is 2. The average molecular weight is 264 g/mol. The van der Waals surface area contributed by atoms with Gasteiger partial charge in [0.2, 0.25) is 0 Å². The molecule has 0 radical (unpaired) electrons. The highest BCUT2D eigenvalue weighted by atomic mass is 16.3. The van der Waals surface area contributed by atoms with Gasteiger partial charge in [0.1, 0.15) is 0 Å². The molecule has 1 atom stereocenters. The molecule has 0 aliphatic heterocycles. The molecule has 19 heavy (non-hydrogen) atoms. The van der Waals surface area contributed by atoms with E-state index in [1.165, 1.54) is 10.5 Å². The van der Waals surface area contributed by atoms with Gasteiger partial charge in [-0.3, -0.25) is 0 Å². The van der Waals surface area contributed by atoms with E-state index < -0.39 is 5.60 Å². The van der Waals surface area contributed by atoms with Crippen molar-refractivity contribution in [1.29, 1.82) is 0 Å². The Morgan fingerprint density at radius 2 is 1.89 bits per heavy atom. The minimum absolute atomic E-state index is 0.0580. The normalized spacial score (nSPS) is 12.9. The fraction of sp³-hybridized carbons (Fsp3) is 0.533. The van der Waals surface area contributed by atoms with E-state index in [4.69, 9.17) is 0 Å². The molecule has 0 saturated heterocycles. The van der Waals surface area contributed by atoms with Gasteiger partial charge in [0.15, 0.2) is 0 Å². The quantitative estimate of drug-likeness (QED) is 0.877. The summed E-state index contributed by atoms with van der Waals surface area (Å²) in [6, 6.07) is 7.83. The van der Waals surface area contributed by atoms with Crippen molar-refractivity contribution in [2.45, 2.75) is 39.3 Å². The minimum atomic E-state index is -0.890. The van der Waals surface area contributed by atoms with Gasteiger partial charge < -0.3 is 15.3 Å². The number of rotatable bonds is 4. The van der Waals surface area contributed by atoms with Crippen LogP contribution in [0.15, 0.2) is 24.3 Å². The fourth-order valence-corrected chi connectivity index (χ4v) is 1.89. The first kappa shape index (κ1) is 15.5. The molecule has 2 amide bonds. The first-order valence-electron chi connectivity index (χ1n) is 6.49. The number of benzene rings is 1. The van der Waals surface area contributed by atoms with Crippen molar-refractivity contribution in [2.75, 3.05) is 13.6 Å². The van der Waals surface area contributed by atoms with Crippen LogP contribution in [0.3, 0.4) is 0 Å². The van der Waals surface area contributed by atoms with Gasteiger partial charge in [0.25, 0.3) is 0 Å². The Hall–Kier alpha value is -1.55. The third-order valence-electron chi connectivity index (χ3n) is 2.89. The van der Waals surface area contributed by atoms with Crippen molar-refractivity contribution in [2.24, 2.45) is 0 Å². The summed E-state index contributed by atoms with van der Waals surface area (Å²) in [5.74, 6) is 0. The predicted octanol–water partition coefficient (Wildman–Crippen LogP) is 2.47. The Morgan fingerprint density at radius 1 is 1.37 bits per heavy atom. The summed E-state index contributed by atoms with van der Waals surface area (Å²) in [6.45, 7) is 7.63. The largest absolute Gasteiger partial charge is 0.389 e. The molecule has 0 spiro atoms. The van der Waals surface area contributed by atoms with Gasteiger partial charge in [-0.25, -0.2) is 4.79 Å². The van der Waals surface area contributed by atoms with E-state index in [1.54, 1.807) is 20.9 Å². The molecule has 0 heterocycles. The second-order valence-electron chi connectivity index (χ2n) is 5.75. The molecule has 0 aliphatic carbocycles. The number of carbonyl (C=O) groups is 1. The van der Waals surface area contributed by atoms with Crippen molar-refractivity contribution >= 4 is 6.03 Å². The lowest BCUT2D eigenvalue weighted by molar-refractivity contribution is 0.0528. The van der Waals surface area contributed by atoms with E-state index in [-0.39, 0.29) is 12.1 Å². The molecule has 1 aromatic carbocycles. The molecule has 0 fully saturated rings. The zero-order chi connectivity index (χ0) is 14.6. The number of aryl methyl sites for hydroxylation is 1. The Bertz CT molecular complexity index is 421. The lowest BCUT2D eigenvalue weighted by Gasteiger charge is -2.27. The third kappa shape index (κ3) is 5.30.